The summed E-state index contributed by atoms with van der Waals surface area (Å²) in [7, 11) is 0. The second kappa shape index (κ2) is 4.61. The van der Waals surface area contributed by atoms with Gasteiger partial charge in [0.2, 0.25) is 0 Å². The second-order valence-corrected chi connectivity index (χ2v) is 3.65. The van der Waals surface area contributed by atoms with Crippen LogP contribution in [0.3, 0.4) is 0 Å². The van der Waals surface area contributed by atoms with Gasteiger partial charge in [0.05, 0.1) is 6.61 Å². The highest BCUT2D eigenvalue weighted by atomic mass is 32.1. The maximum atomic E-state index is 9.73. The molecule has 1 atom stereocenters. The van der Waals surface area contributed by atoms with E-state index in [-0.39, 0.29) is 4.75 Å². The standard InChI is InChI=1S/C7H14O2S/c1-3-7(2,10)4-5-9-6-8/h6,10H,3-5H2,1-2H3. The molecule has 0 aromatic rings. The highest BCUT2D eigenvalue weighted by Crippen LogP contribution is 2.21. The van der Waals surface area contributed by atoms with Gasteiger partial charge < -0.3 is 4.74 Å². The molecule has 0 radical (unpaired) electrons. The minimum Gasteiger partial charge on any atom is -0.468 e. The summed E-state index contributed by atoms with van der Waals surface area (Å²) >= 11 is 4.36. The van der Waals surface area contributed by atoms with E-state index < -0.39 is 0 Å². The van der Waals surface area contributed by atoms with E-state index in [1.807, 2.05) is 6.92 Å². The zero-order valence-corrected chi connectivity index (χ0v) is 7.36. The molecule has 0 N–H and O–H groups in total. The van der Waals surface area contributed by atoms with E-state index in [9.17, 15) is 4.79 Å². The molecule has 0 saturated heterocycles. The predicted molar refractivity (Wildman–Crippen MR) is 44.3 cm³/mol. The molecular weight excluding hydrogens is 148 g/mol. The van der Waals surface area contributed by atoms with Gasteiger partial charge in [-0.2, -0.15) is 12.6 Å². The number of carbonyl (C=O) groups excluding carboxylic acids is 1. The van der Waals surface area contributed by atoms with Crippen molar-refractivity contribution in [1.29, 1.82) is 0 Å². The van der Waals surface area contributed by atoms with E-state index >= 15 is 0 Å². The van der Waals surface area contributed by atoms with Crippen LogP contribution in [-0.4, -0.2) is 17.8 Å². The molecule has 1 unspecified atom stereocenters. The van der Waals surface area contributed by atoms with Crippen LogP contribution in [-0.2, 0) is 9.53 Å². The SMILES string of the molecule is CCC(C)(S)CCOC=O. The fourth-order valence-electron chi connectivity index (χ4n) is 0.504. The summed E-state index contributed by atoms with van der Waals surface area (Å²) < 4.78 is 4.54. The average molecular weight is 162 g/mol. The van der Waals surface area contributed by atoms with Crippen LogP contribution in [0.4, 0.5) is 0 Å². The maximum Gasteiger partial charge on any atom is 0.293 e. The summed E-state index contributed by atoms with van der Waals surface area (Å²) in [4.78, 5) is 9.73. The summed E-state index contributed by atoms with van der Waals surface area (Å²) in [6.07, 6.45) is 1.80. The Hall–Kier alpha value is -0.180. The first-order chi connectivity index (χ1) is 4.62. The van der Waals surface area contributed by atoms with Crippen molar-refractivity contribution in [2.24, 2.45) is 0 Å². The third-order valence-corrected chi connectivity index (χ3v) is 2.13. The zero-order valence-electron chi connectivity index (χ0n) is 6.46. The van der Waals surface area contributed by atoms with Crippen LogP contribution >= 0.6 is 12.6 Å². The van der Waals surface area contributed by atoms with Gasteiger partial charge in [-0.05, 0) is 12.8 Å². The van der Waals surface area contributed by atoms with Crippen molar-refractivity contribution in [3.05, 3.63) is 0 Å². The quantitative estimate of drug-likeness (QED) is 0.378. The largest absolute Gasteiger partial charge is 0.468 e. The van der Waals surface area contributed by atoms with Crippen LogP contribution in [0, 0.1) is 0 Å². The molecule has 0 spiro atoms. The van der Waals surface area contributed by atoms with E-state index in [2.05, 4.69) is 24.3 Å². The lowest BCUT2D eigenvalue weighted by atomic mass is 10.1. The van der Waals surface area contributed by atoms with Gasteiger partial charge in [0.15, 0.2) is 0 Å². The van der Waals surface area contributed by atoms with Gasteiger partial charge in [0.25, 0.3) is 6.47 Å². The van der Waals surface area contributed by atoms with Crippen LogP contribution in [0.25, 0.3) is 0 Å². The lowest BCUT2D eigenvalue weighted by molar-refractivity contribution is -0.128. The van der Waals surface area contributed by atoms with Crippen molar-refractivity contribution in [2.75, 3.05) is 6.61 Å². The van der Waals surface area contributed by atoms with Crippen molar-refractivity contribution in [2.45, 2.75) is 31.4 Å². The molecule has 10 heavy (non-hydrogen) atoms. The molecule has 2 nitrogen and oxygen atoms in total. The van der Waals surface area contributed by atoms with Gasteiger partial charge in [-0.15, -0.1) is 0 Å². The number of rotatable bonds is 5. The summed E-state index contributed by atoms with van der Waals surface area (Å²) in [6, 6.07) is 0. The first kappa shape index (κ1) is 9.82. The lowest BCUT2D eigenvalue weighted by Crippen LogP contribution is -2.17. The van der Waals surface area contributed by atoms with Crippen LogP contribution in [0.1, 0.15) is 26.7 Å². The molecule has 0 aromatic carbocycles. The molecule has 0 heterocycles. The zero-order chi connectivity index (χ0) is 8.04. The Kier molecular flexibility index (Phi) is 4.52. The number of ether oxygens (including phenoxy) is 1. The van der Waals surface area contributed by atoms with Gasteiger partial charge in [-0.1, -0.05) is 13.8 Å². The Balaban J connectivity index is 3.36. The predicted octanol–water partition coefficient (Wildman–Crippen LogP) is 1.65. The first-order valence-electron chi connectivity index (χ1n) is 3.40. The third kappa shape index (κ3) is 4.68. The first-order valence-corrected chi connectivity index (χ1v) is 3.85. The lowest BCUT2D eigenvalue weighted by Gasteiger charge is -2.19. The van der Waals surface area contributed by atoms with E-state index in [1.54, 1.807) is 0 Å². The Morgan fingerprint density at radius 2 is 2.30 bits per heavy atom. The van der Waals surface area contributed by atoms with Crippen molar-refractivity contribution in [3.63, 3.8) is 0 Å². The molecule has 0 aliphatic rings. The number of carbonyl (C=O) groups is 1. The average Bonchev–Trinajstić information content (AvgIpc) is 1.89. The van der Waals surface area contributed by atoms with E-state index in [0.717, 1.165) is 12.8 Å². The minimum atomic E-state index is 0.00299. The molecular formula is C7H14O2S. The molecule has 0 saturated carbocycles. The van der Waals surface area contributed by atoms with Gasteiger partial charge in [-0.3, -0.25) is 4.79 Å². The fourth-order valence-corrected chi connectivity index (χ4v) is 0.595. The molecule has 0 rings (SSSR count). The Bertz CT molecular complexity index is 102. The molecule has 60 valence electrons. The van der Waals surface area contributed by atoms with Crippen molar-refractivity contribution in [3.8, 4) is 0 Å². The summed E-state index contributed by atoms with van der Waals surface area (Å²) in [5.74, 6) is 0. The van der Waals surface area contributed by atoms with Gasteiger partial charge in [0.1, 0.15) is 0 Å². The van der Waals surface area contributed by atoms with Crippen LogP contribution in [0.5, 0.6) is 0 Å². The van der Waals surface area contributed by atoms with Crippen LogP contribution < -0.4 is 0 Å². The van der Waals surface area contributed by atoms with Gasteiger partial charge in [0, 0.05) is 4.75 Å². The monoisotopic (exact) mass is 162 g/mol. The highest BCUT2D eigenvalue weighted by Gasteiger charge is 2.15. The Morgan fingerprint density at radius 3 is 2.70 bits per heavy atom. The third-order valence-electron chi connectivity index (χ3n) is 1.59. The van der Waals surface area contributed by atoms with Crippen LogP contribution in [0.15, 0.2) is 0 Å². The van der Waals surface area contributed by atoms with Crippen molar-refractivity contribution < 1.29 is 9.53 Å². The number of thiol groups is 1. The van der Waals surface area contributed by atoms with Gasteiger partial charge in [-0.25, -0.2) is 0 Å². The van der Waals surface area contributed by atoms with Crippen LogP contribution in [0.2, 0.25) is 0 Å². The second-order valence-electron chi connectivity index (χ2n) is 2.57. The van der Waals surface area contributed by atoms with E-state index in [4.69, 9.17) is 0 Å². The summed E-state index contributed by atoms with van der Waals surface area (Å²) in [5.41, 5.74) is 0. The van der Waals surface area contributed by atoms with Gasteiger partial charge >= 0.3 is 0 Å². The van der Waals surface area contributed by atoms with Crippen molar-refractivity contribution in [1.82, 2.24) is 0 Å². The van der Waals surface area contributed by atoms with E-state index in [0.29, 0.717) is 13.1 Å². The molecule has 0 bridgehead atoms. The number of hydrogen-bond acceptors (Lipinski definition) is 3. The molecule has 0 amide bonds. The fraction of sp³-hybridized carbons (Fsp3) is 0.857. The molecule has 0 aliphatic carbocycles. The minimum absolute atomic E-state index is 0.00299. The normalized spacial score (nSPS) is 15.9. The number of hydrogen-bond donors (Lipinski definition) is 1. The molecule has 3 heteroatoms. The van der Waals surface area contributed by atoms with E-state index in [1.165, 1.54) is 0 Å². The Morgan fingerprint density at radius 1 is 1.70 bits per heavy atom. The molecule has 0 fully saturated rings. The topological polar surface area (TPSA) is 26.3 Å². The Labute approximate surface area is 67.4 Å². The summed E-state index contributed by atoms with van der Waals surface area (Å²) in [6.45, 7) is 5.04. The maximum absolute atomic E-state index is 9.73. The smallest absolute Gasteiger partial charge is 0.293 e. The van der Waals surface area contributed by atoms with Crippen molar-refractivity contribution >= 4 is 19.1 Å². The molecule has 0 aromatic heterocycles. The highest BCUT2D eigenvalue weighted by molar-refractivity contribution is 7.81. The molecule has 0 aliphatic heterocycles. The summed E-state index contributed by atoms with van der Waals surface area (Å²) in [5, 5.41) is 0.